The van der Waals surface area contributed by atoms with Gasteiger partial charge >= 0.3 is 6.18 Å². The lowest BCUT2D eigenvalue weighted by atomic mass is 10.2. The Balaban J connectivity index is 1.50. The maximum atomic E-state index is 12.8. The Kier molecular flexibility index (Phi) is 7.30. The first-order chi connectivity index (χ1) is 14.1. The SMILES string of the molecule is CC(C)Oc1nnc(SCC(=O)N2CCN(c3ncc(C(F)(F)F)cc3Cl)CC2)s1. The first kappa shape index (κ1) is 22.9. The molecule has 0 saturated carbocycles. The number of rotatable bonds is 6. The van der Waals surface area contributed by atoms with Gasteiger partial charge in [0.2, 0.25) is 5.91 Å². The second-order valence-electron chi connectivity index (χ2n) is 6.68. The van der Waals surface area contributed by atoms with Crippen molar-refractivity contribution in [3.05, 3.63) is 22.8 Å². The zero-order valence-electron chi connectivity index (χ0n) is 16.1. The highest BCUT2D eigenvalue weighted by Crippen LogP contribution is 2.34. The molecule has 0 aliphatic carbocycles. The molecule has 164 valence electrons. The van der Waals surface area contributed by atoms with Crippen molar-refractivity contribution in [1.29, 1.82) is 0 Å². The minimum Gasteiger partial charge on any atom is -0.466 e. The molecule has 0 spiro atoms. The number of alkyl halides is 3. The fraction of sp³-hybridized carbons (Fsp3) is 0.529. The average molecular weight is 482 g/mol. The van der Waals surface area contributed by atoms with E-state index in [1.165, 1.54) is 23.1 Å². The van der Waals surface area contributed by atoms with E-state index in [0.29, 0.717) is 35.7 Å². The molecule has 0 bridgehead atoms. The minimum absolute atomic E-state index is 0.00128. The van der Waals surface area contributed by atoms with Crippen molar-refractivity contribution in [1.82, 2.24) is 20.1 Å². The second kappa shape index (κ2) is 9.56. The summed E-state index contributed by atoms with van der Waals surface area (Å²) in [5.74, 6) is 0.459. The molecule has 13 heteroatoms. The normalized spacial score (nSPS) is 15.0. The third kappa shape index (κ3) is 5.88. The molecular weight excluding hydrogens is 463 g/mol. The van der Waals surface area contributed by atoms with Crippen LogP contribution in [-0.2, 0) is 11.0 Å². The van der Waals surface area contributed by atoms with Crippen LogP contribution in [0, 0.1) is 0 Å². The van der Waals surface area contributed by atoms with E-state index in [2.05, 4.69) is 15.2 Å². The highest BCUT2D eigenvalue weighted by molar-refractivity contribution is 8.01. The molecule has 1 aliphatic rings. The lowest BCUT2D eigenvalue weighted by molar-refractivity contribution is -0.137. The minimum atomic E-state index is -4.49. The zero-order chi connectivity index (χ0) is 21.9. The van der Waals surface area contributed by atoms with Crippen molar-refractivity contribution in [2.75, 3.05) is 36.8 Å². The first-order valence-corrected chi connectivity index (χ1v) is 11.2. The summed E-state index contributed by atoms with van der Waals surface area (Å²) in [6, 6.07) is 0.872. The third-order valence-corrected chi connectivity index (χ3v) is 6.33. The second-order valence-corrected chi connectivity index (χ2v) is 9.25. The smallest absolute Gasteiger partial charge is 0.417 e. The average Bonchev–Trinajstić information content (AvgIpc) is 3.12. The first-order valence-electron chi connectivity index (χ1n) is 9.02. The quantitative estimate of drug-likeness (QED) is 0.580. The molecule has 1 aliphatic heterocycles. The summed E-state index contributed by atoms with van der Waals surface area (Å²) in [7, 11) is 0. The number of ether oxygens (including phenoxy) is 1. The van der Waals surface area contributed by atoms with Gasteiger partial charge in [0.05, 0.1) is 22.4 Å². The van der Waals surface area contributed by atoms with Gasteiger partial charge in [0.25, 0.3) is 5.19 Å². The molecule has 0 aromatic carbocycles. The van der Waals surface area contributed by atoms with Gasteiger partial charge in [0, 0.05) is 32.4 Å². The summed E-state index contributed by atoms with van der Waals surface area (Å²) >= 11 is 8.59. The molecule has 3 heterocycles. The fourth-order valence-electron chi connectivity index (χ4n) is 2.71. The molecule has 2 aromatic heterocycles. The summed E-state index contributed by atoms with van der Waals surface area (Å²) < 4.78 is 44.4. The van der Waals surface area contributed by atoms with Crippen molar-refractivity contribution in [3.8, 4) is 5.19 Å². The standard InChI is InChI=1S/C17H19ClF3N5O2S2/c1-10(2)28-15-23-24-16(30-15)29-9-13(27)25-3-5-26(6-4-25)14-12(18)7-11(8-22-14)17(19,20)21/h7-8,10H,3-6,9H2,1-2H3. The van der Waals surface area contributed by atoms with E-state index in [0.717, 1.165) is 12.3 Å². The van der Waals surface area contributed by atoms with Crippen molar-refractivity contribution < 1.29 is 22.7 Å². The molecule has 0 unspecified atom stereocenters. The van der Waals surface area contributed by atoms with Gasteiger partial charge < -0.3 is 14.5 Å². The van der Waals surface area contributed by atoms with Crippen LogP contribution >= 0.6 is 34.7 Å². The number of aromatic nitrogens is 3. The van der Waals surface area contributed by atoms with Crippen LogP contribution in [0.15, 0.2) is 16.6 Å². The number of amides is 1. The van der Waals surface area contributed by atoms with Gasteiger partial charge in [0.15, 0.2) is 4.34 Å². The van der Waals surface area contributed by atoms with E-state index in [-0.39, 0.29) is 28.6 Å². The highest BCUT2D eigenvalue weighted by atomic mass is 35.5. The number of nitrogens with zero attached hydrogens (tertiary/aromatic N) is 5. The summed E-state index contributed by atoms with van der Waals surface area (Å²) in [4.78, 5) is 19.8. The van der Waals surface area contributed by atoms with Crippen LogP contribution in [0.4, 0.5) is 19.0 Å². The van der Waals surface area contributed by atoms with Gasteiger partial charge in [-0.1, -0.05) is 28.5 Å². The topological polar surface area (TPSA) is 71.5 Å². The highest BCUT2D eigenvalue weighted by Gasteiger charge is 2.32. The Morgan fingerprint density at radius 2 is 2.00 bits per heavy atom. The zero-order valence-corrected chi connectivity index (χ0v) is 18.5. The van der Waals surface area contributed by atoms with Crippen LogP contribution in [0.5, 0.6) is 5.19 Å². The van der Waals surface area contributed by atoms with E-state index in [1.54, 1.807) is 9.80 Å². The molecule has 0 N–H and O–H groups in total. The molecule has 3 rings (SSSR count). The van der Waals surface area contributed by atoms with Crippen LogP contribution in [-0.4, -0.2) is 64.0 Å². The summed E-state index contributed by atoms with van der Waals surface area (Å²) in [6.07, 6.45) is -3.72. The molecule has 1 fully saturated rings. The predicted molar refractivity (Wildman–Crippen MR) is 109 cm³/mol. The molecular formula is C17H19ClF3N5O2S2. The Morgan fingerprint density at radius 1 is 1.30 bits per heavy atom. The van der Waals surface area contributed by atoms with Gasteiger partial charge in [-0.2, -0.15) is 13.2 Å². The third-order valence-electron chi connectivity index (χ3n) is 4.12. The lowest BCUT2D eigenvalue weighted by Crippen LogP contribution is -2.49. The van der Waals surface area contributed by atoms with Crippen LogP contribution in [0.25, 0.3) is 0 Å². The number of halogens is 4. The van der Waals surface area contributed by atoms with E-state index in [4.69, 9.17) is 16.3 Å². The largest absolute Gasteiger partial charge is 0.466 e. The van der Waals surface area contributed by atoms with Gasteiger partial charge in [-0.05, 0) is 31.3 Å². The van der Waals surface area contributed by atoms with E-state index < -0.39 is 11.7 Å². The van der Waals surface area contributed by atoms with Gasteiger partial charge in [-0.15, -0.1) is 5.10 Å². The van der Waals surface area contributed by atoms with Crippen LogP contribution in [0.2, 0.25) is 5.02 Å². The predicted octanol–water partition coefficient (Wildman–Crippen LogP) is 3.83. The maximum Gasteiger partial charge on any atom is 0.417 e. The fourth-order valence-corrected chi connectivity index (χ4v) is 4.70. The Morgan fingerprint density at radius 3 is 2.60 bits per heavy atom. The number of carbonyl (C=O) groups is 1. The molecule has 0 radical (unpaired) electrons. The van der Waals surface area contributed by atoms with Gasteiger partial charge in [-0.25, -0.2) is 4.98 Å². The van der Waals surface area contributed by atoms with Gasteiger partial charge in [0.1, 0.15) is 5.82 Å². The monoisotopic (exact) mass is 481 g/mol. The Hall–Kier alpha value is -1.79. The number of piperazine rings is 1. The molecule has 1 amide bonds. The van der Waals surface area contributed by atoms with Crippen LogP contribution in [0.3, 0.4) is 0 Å². The summed E-state index contributed by atoms with van der Waals surface area (Å²) in [6.45, 7) is 5.50. The molecule has 7 nitrogen and oxygen atoms in total. The molecule has 2 aromatic rings. The van der Waals surface area contributed by atoms with Crippen molar-refractivity contribution in [2.45, 2.75) is 30.5 Å². The number of pyridine rings is 1. The van der Waals surface area contributed by atoms with E-state index in [9.17, 15) is 18.0 Å². The van der Waals surface area contributed by atoms with Crippen molar-refractivity contribution >= 4 is 46.4 Å². The maximum absolute atomic E-state index is 12.8. The van der Waals surface area contributed by atoms with Crippen molar-refractivity contribution in [2.24, 2.45) is 0 Å². The van der Waals surface area contributed by atoms with E-state index >= 15 is 0 Å². The number of carbonyl (C=O) groups excluding carboxylic acids is 1. The Labute approximate surface area is 184 Å². The Bertz CT molecular complexity index is 889. The number of anilines is 1. The van der Waals surface area contributed by atoms with Crippen LogP contribution in [0.1, 0.15) is 19.4 Å². The van der Waals surface area contributed by atoms with Gasteiger partial charge in [-0.3, -0.25) is 4.79 Å². The van der Waals surface area contributed by atoms with E-state index in [1.807, 2.05) is 13.8 Å². The number of thioether (sulfide) groups is 1. The van der Waals surface area contributed by atoms with Crippen LogP contribution < -0.4 is 9.64 Å². The summed E-state index contributed by atoms with van der Waals surface area (Å²) in [5.41, 5.74) is -0.888. The lowest BCUT2D eigenvalue weighted by Gasteiger charge is -2.35. The molecule has 1 saturated heterocycles. The van der Waals surface area contributed by atoms with Crippen molar-refractivity contribution in [3.63, 3.8) is 0 Å². The molecule has 30 heavy (non-hydrogen) atoms. The number of hydrogen-bond donors (Lipinski definition) is 0. The number of hydrogen-bond acceptors (Lipinski definition) is 8. The summed E-state index contributed by atoms with van der Waals surface area (Å²) in [5, 5.41) is 8.33. The molecule has 0 atom stereocenters.